The van der Waals surface area contributed by atoms with Gasteiger partial charge in [-0.15, -0.1) is 0 Å². The van der Waals surface area contributed by atoms with Crippen LogP contribution in [0.5, 0.6) is 5.75 Å². The van der Waals surface area contributed by atoms with Gasteiger partial charge >= 0.3 is 0 Å². The molecular formula is C35H35FN6O2. The van der Waals surface area contributed by atoms with Crippen LogP contribution < -0.4 is 11.1 Å². The number of nitrogens with zero attached hydrogens (tertiary/aromatic N) is 3. The maximum Gasteiger partial charge on any atom is 0.224 e. The fourth-order valence-electron chi connectivity index (χ4n) is 6.04. The van der Waals surface area contributed by atoms with Gasteiger partial charge in [0.05, 0.1) is 29.0 Å². The van der Waals surface area contributed by atoms with E-state index < -0.39 is 5.82 Å². The zero-order chi connectivity index (χ0) is 30.6. The molecule has 9 heteroatoms. The van der Waals surface area contributed by atoms with Crippen LogP contribution in [0.25, 0.3) is 33.3 Å². The Kier molecular flexibility index (Phi) is 8.36. The molecule has 1 amide bonds. The first kappa shape index (κ1) is 29.0. The highest BCUT2D eigenvalue weighted by Crippen LogP contribution is 2.33. The molecule has 0 spiro atoms. The lowest BCUT2D eigenvalue weighted by atomic mass is 9.87. The lowest BCUT2D eigenvalue weighted by molar-refractivity contribution is -0.117. The Hall–Kier alpha value is -5.05. The summed E-state index contributed by atoms with van der Waals surface area (Å²) in [4.78, 5) is 30.2. The Morgan fingerprint density at radius 2 is 1.91 bits per heavy atom. The molecule has 1 fully saturated rings. The largest absolute Gasteiger partial charge is 0.508 e. The number of H-pyrrole nitrogens is 1. The summed E-state index contributed by atoms with van der Waals surface area (Å²) in [5.74, 6) is -0.209. The molecule has 2 aromatic carbocycles. The second-order valence-corrected chi connectivity index (χ2v) is 11.3. The van der Waals surface area contributed by atoms with Crippen molar-refractivity contribution in [3.05, 3.63) is 90.3 Å². The van der Waals surface area contributed by atoms with Gasteiger partial charge in [-0.05, 0) is 79.3 Å². The Labute approximate surface area is 255 Å². The standard InChI is InChI=1S/C35H35FN6O2/c1-2-39-35(32-18-28-27(9-6-10-31(28)41-32)22-14-24(36)17-26(43)16-22)34-29(37)11-12-30(42-34)23-15-25(20-38-19-23)40-33(44)13-21-7-4-3-5-8-21/h6,9-12,14-21,41,43H,2-5,7-8,13,37H2,1H3,(H,40,44). The van der Waals surface area contributed by atoms with E-state index in [1.54, 1.807) is 18.5 Å². The number of halogens is 1. The molecule has 0 bridgehead atoms. The van der Waals surface area contributed by atoms with E-state index in [4.69, 9.17) is 15.7 Å². The number of nitrogen functional groups attached to an aromatic ring is 1. The Morgan fingerprint density at radius 1 is 1.07 bits per heavy atom. The molecule has 0 atom stereocenters. The van der Waals surface area contributed by atoms with Crippen LogP contribution in [0.4, 0.5) is 15.8 Å². The van der Waals surface area contributed by atoms with E-state index in [0.29, 0.717) is 58.6 Å². The number of fused-ring (bicyclic) bond motifs is 1. The number of phenolic OH excluding ortho intramolecular Hbond substituents is 1. The van der Waals surface area contributed by atoms with E-state index in [2.05, 4.69) is 15.3 Å². The maximum absolute atomic E-state index is 14.1. The number of nitrogens with one attached hydrogen (secondary N) is 2. The van der Waals surface area contributed by atoms with Crippen molar-refractivity contribution in [2.24, 2.45) is 10.9 Å². The Balaban J connectivity index is 1.32. The summed E-state index contributed by atoms with van der Waals surface area (Å²) in [7, 11) is 0. The smallest absolute Gasteiger partial charge is 0.224 e. The Bertz CT molecular complexity index is 1840. The molecule has 224 valence electrons. The van der Waals surface area contributed by atoms with Crippen molar-refractivity contribution >= 4 is 33.9 Å². The predicted octanol–water partition coefficient (Wildman–Crippen LogP) is 7.49. The van der Waals surface area contributed by atoms with Gasteiger partial charge in [-0.2, -0.15) is 0 Å². The number of pyridine rings is 2. The van der Waals surface area contributed by atoms with Gasteiger partial charge in [-0.3, -0.25) is 14.8 Å². The highest BCUT2D eigenvalue weighted by atomic mass is 19.1. The maximum atomic E-state index is 14.1. The van der Waals surface area contributed by atoms with Crippen LogP contribution in [0, 0.1) is 11.7 Å². The average molecular weight is 591 g/mol. The second kappa shape index (κ2) is 12.7. The number of amides is 1. The number of aromatic amines is 1. The topological polar surface area (TPSA) is 129 Å². The third kappa shape index (κ3) is 6.32. The van der Waals surface area contributed by atoms with Crippen LogP contribution in [0.1, 0.15) is 56.8 Å². The zero-order valence-electron chi connectivity index (χ0n) is 24.6. The minimum Gasteiger partial charge on any atom is -0.508 e. The number of nitrogens with two attached hydrogens (primary N) is 1. The van der Waals surface area contributed by atoms with Crippen LogP contribution in [-0.4, -0.2) is 38.2 Å². The first-order chi connectivity index (χ1) is 21.4. The van der Waals surface area contributed by atoms with Crippen molar-refractivity contribution in [3.8, 4) is 28.1 Å². The van der Waals surface area contributed by atoms with Crippen LogP contribution in [0.3, 0.4) is 0 Å². The molecular weight excluding hydrogens is 555 g/mol. The summed E-state index contributed by atoms with van der Waals surface area (Å²) in [6.45, 7) is 2.43. The third-order valence-corrected chi connectivity index (χ3v) is 8.10. The van der Waals surface area contributed by atoms with Gasteiger partial charge in [0, 0.05) is 41.7 Å². The van der Waals surface area contributed by atoms with E-state index in [9.17, 15) is 14.3 Å². The molecule has 1 saturated carbocycles. The van der Waals surface area contributed by atoms with Crippen molar-refractivity contribution in [2.75, 3.05) is 17.6 Å². The number of anilines is 2. The molecule has 0 radical (unpaired) electrons. The van der Waals surface area contributed by atoms with E-state index in [1.165, 1.54) is 31.4 Å². The fourth-order valence-corrected chi connectivity index (χ4v) is 6.04. The zero-order valence-corrected chi connectivity index (χ0v) is 24.6. The average Bonchev–Trinajstić information content (AvgIpc) is 3.45. The number of aromatic nitrogens is 3. The number of benzene rings is 2. The monoisotopic (exact) mass is 590 g/mol. The molecule has 3 aromatic heterocycles. The summed E-state index contributed by atoms with van der Waals surface area (Å²) >= 11 is 0. The molecule has 3 heterocycles. The number of hydrogen-bond donors (Lipinski definition) is 4. The van der Waals surface area contributed by atoms with Crippen LogP contribution >= 0.6 is 0 Å². The van der Waals surface area contributed by atoms with Gasteiger partial charge in [0.15, 0.2) is 0 Å². The molecule has 5 N–H and O–H groups in total. The molecule has 1 aliphatic carbocycles. The van der Waals surface area contributed by atoms with Gasteiger partial charge in [0.2, 0.25) is 5.91 Å². The van der Waals surface area contributed by atoms with E-state index >= 15 is 0 Å². The van der Waals surface area contributed by atoms with Crippen LogP contribution in [0.15, 0.2) is 78.0 Å². The number of hydrogen-bond acceptors (Lipinski definition) is 6. The van der Waals surface area contributed by atoms with Gasteiger partial charge in [0.25, 0.3) is 0 Å². The van der Waals surface area contributed by atoms with Crippen LogP contribution in [0.2, 0.25) is 0 Å². The summed E-state index contributed by atoms with van der Waals surface area (Å²) in [6.07, 6.45) is 9.74. The van der Waals surface area contributed by atoms with Gasteiger partial charge in [-0.25, -0.2) is 9.37 Å². The van der Waals surface area contributed by atoms with Crippen molar-refractivity contribution < 1.29 is 14.3 Å². The molecule has 1 aliphatic rings. The molecule has 6 rings (SSSR count). The summed E-state index contributed by atoms with van der Waals surface area (Å²) in [5, 5.41) is 13.9. The summed E-state index contributed by atoms with van der Waals surface area (Å²) in [5.41, 5.74) is 12.9. The van der Waals surface area contributed by atoms with Crippen molar-refractivity contribution in [2.45, 2.75) is 45.4 Å². The summed E-state index contributed by atoms with van der Waals surface area (Å²) in [6, 6.07) is 17.1. The minimum atomic E-state index is -0.517. The van der Waals surface area contributed by atoms with Crippen molar-refractivity contribution in [1.82, 2.24) is 15.0 Å². The number of rotatable bonds is 8. The molecule has 8 nitrogen and oxygen atoms in total. The van der Waals surface area contributed by atoms with E-state index in [-0.39, 0.29) is 11.7 Å². The van der Waals surface area contributed by atoms with Crippen molar-refractivity contribution in [1.29, 1.82) is 0 Å². The number of phenols is 1. The number of aromatic hydroxyl groups is 1. The normalized spacial score (nSPS) is 14.2. The molecule has 5 aromatic rings. The lowest BCUT2D eigenvalue weighted by Crippen LogP contribution is -2.18. The second-order valence-electron chi connectivity index (χ2n) is 11.3. The summed E-state index contributed by atoms with van der Waals surface area (Å²) < 4.78 is 14.1. The fraction of sp³-hybridized carbons (Fsp3) is 0.257. The number of carbonyl (C=O) groups excluding carboxylic acids is 1. The molecule has 0 saturated heterocycles. The van der Waals surface area contributed by atoms with Gasteiger partial charge < -0.3 is 21.1 Å². The molecule has 0 unspecified atom stereocenters. The van der Waals surface area contributed by atoms with Crippen LogP contribution in [-0.2, 0) is 4.79 Å². The van der Waals surface area contributed by atoms with Crippen molar-refractivity contribution in [3.63, 3.8) is 0 Å². The predicted molar refractivity (Wildman–Crippen MR) is 173 cm³/mol. The lowest BCUT2D eigenvalue weighted by Gasteiger charge is -2.20. The molecule has 44 heavy (non-hydrogen) atoms. The molecule has 0 aliphatic heterocycles. The SMILES string of the molecule is CCN=C(c1cc2c(-c3cc(O)cc(F)c3)cccc2[nH]1)c1nc(-c2cncc(NC(=O)CC3CCCCC3)c2)ccc1N. The highest BCUT2D eigenvalue weighted by Gasteiger charge is 2.19. The first-order valence-corrected chi connectivity index (χ1v) is 15.1. The number of aliphatic imine (C=N–C) groups is 1. The Morgan fingerprint density at radius 3 is 2.70 bits per heavy atom. The number of carbonyl (C=O) groups is 1. The van der Waals surface area contributed by atoms with E-state index in [0.717, 1.165) is 40.9 Å². The third-order valence-electron chi connectivity index (χ3n) is 8.10. The minimum absolute atomic E-state index is 0.00537. The van der Waals surface area contributed by atoms with Gasteiger partial charge in [0.1, 0.15) is 23.0 Å². The van der Waals surface area contributed by atoms with Gasteiger partial charge in [-0.1, -0.05) is 31.4 Å². The first-order valence-electron chi connectivity index (χ1n) is 15.1. The quantitative estimate of drug-likeness (QED) is 0.139. The van der Waals surface area contributed by atoms with E-state index in [1.807, 2.05) is 43.3 Å². The highest BCUT2D eigenvalue weighted by molar-refractivity contribution is 6.16.